The highest BCUT2D eigenvalue weighted by molar-refractivity contribution is 9.10. The Morgan fingerprint density at radius 3 is 2.63 bits per heavy atom. The lowest BCUT2D eigenvalue weighted by Gasteiger charge is -2.07. The molecule has 2 rings (SSSR count). The zero-order valence-corrected chi connectivity index (χ0v) is 11.3. The van der Waals surface area contributed by atoms with E-state index in [-0.39, 0.29) is 12.4 Å². The van der Waals surface area contributed by atoms with E-state index in [1.54, 1.807) is 0 Å². The Morgan fingerprint density at radius 1 is 1.26 bits per heavy atom. The molecule has 2 aromatic carbocycles. The minimum atomic E-state index is -0.908. The molecule has 0 unspecified atom stereocenters. The van der Waals surface area contributed by atoms with Gasteiger partial charge in [-0.15, -0.1) is 0 Å². The Hall–Kier alpha value is -1.95. The van der Waals surface area contributed by atoms with E-state index in [0.29, 0.717) is 0 Å². The van der Waals surface area contributed by atoms with Crippen molar-refractivity contribution in [2.45, 2.75) is 6.61 Å². The summed E-state index contributed by atoms with van der Waals surface area (Å²) in [5, 5.41) is 10.5. The first-order chi connectivity index (χ1) is 9.08. The number of halogens is 2. The molecule has 0 atom stereocenters. The molecule has 0 fully saturated rings. The van der Waals surface area contributed by atoms with Crippen LogP contribution in [0.5, 0.6) is 5.75 Å². The maximum Gasteiger partial charge on any atom is 0.305 e. The second kappa shape index (κ2) is 5.79. The van der Waals surface area contributed by atoms with Crippen LogP contribution >= 0.6 is 15.9 Å². The first-order valence-corrected chi connectivity index (χ1v) is 6.17. The summed E-state index contributed by atoms with van der Waals surface area (Å²) in [5.41, 5.74) is 0.342. The number of hydrogen-bond donors (Lipinski definition) is 0. The highest BCUT2D eigenvalue weighted by atomic mass is 79.9. The van der Waals surface area contributed by atoms with Gasteiger partial charge < -0.3 is 4.74 Å². The van der Waals surface area contributed by atoms with Gasteiger partial charge >= 0.3 is 5.69 Å². The molecule has 0 N–H and O–H groups in total. The molecule has 0 aliphatic carbocycles. The van der Waals surface area contributed by atoms with Crippen molar-refractivity contribution < 1.29 is 14.1 Å². The van der Waals surface area contributed by atoms with E-state index in [2.05, 4.69) is 15.9 Å². The van der Waals surface area contributed by atoms with Crippen LogP contribution in [0.1, 0.15) is 5.56 Å². The number of nitro groups is 1. The van der Waals surface area contributed by atoms with Gasteiger partial charge in [-0.1, -0.05) is 34.1 Å². The van der Waals surface area contributed by atoms with Gasteiger partial charge in [0.05, 0.1) is 4.92 Å². The molecule has 0 saturated heterocycles. The molecular weight excluding hydrogens is 317 g/mol. The fraction of sp³-hybridized carbons (Fsp3) is 0.0769. The topological polar surface area (TPSA) is 52.4 Å². The molecule has 19 heavy (non-hydrogen) atoms. The van der Waals surface area contributed by atoms with Gasteiger partial charge in [0, 0.05) is 22.2 Å². The Labute approximate surface area is 117 Å². The zero-order valence-electron chi connectivity index (χ0n) is 9.68. The standard InChI is InChI=1S/C13H9BrFNO3/c14-11-4-2-1-3-9(11)8-19-10-5-6-13(16(17)18)12(15)7-10/h1-7H,8H2. The first-order valence-electron chi connectivity index (χ1n) is 5.38. The number of benzene rings is 2. The van der Waals surface area contributed by atoms with E-state index in [1.165, 1.54) is 6.07 Å². The summed E-state index contributed by atoms with van der Waals surface area (Å²) in [6.07, 6.45) is 0. The van der Waals surface area contributed by atoms with Gasteiger partial charge in [-0.25, -0.2) is 0 Å². The van der Waals surface area contributed by atoms with Gasteiger partial charge in [-0.2, -0.15) is 4.39 Å². The largest absolute Gasteiger partial charge is 0.489 e. The van der Waals surface area contributed by atoms with E-state index in [1.807, 2.05) is 24.3 Å². The lowest BCUT2D eigenvalue weighted by Crippen LogP contribution is -1.98. The molecule has 2 aromatic rings. The normalized spacial score (nSPS) is 10.2. The highest BCUT2D eigenvalue weighted by Gasteiger charge is 2.14. The second-order valence-electron chi connectivity index (χ2n) is 3.75. The van der Waals surface area contributed by atoms with Crippen LogP contribution in [-0.2, 0) is 6.61 Å². The lowest BCUT2D eigenvalue weighted by molar-refractivity contribution is -0.387. The second-order valence-corrected chi connectivity index (χ2v) is 4.60. The van der Waals surface area contributed by atoms with Crippen LogP contribution in [0, 0.1) is 15.9 Å². The summed E-state index contributed by atoms with van der Waals surface area (Å²) in [4.78, 5) is 9.70. The summed E-state index contributed by atoms with van der Waals surface area (Å²) in [7, 11) is 0. The van der Waals surface area contributed by atoms with E-state index in [0.717, 1.165) is 22.2 Å². The number of nitro benzene ring substituents is 1. The molecule has 0 spiro atoms. The van der Waals surface area contributed by atoms with E-state index < -0.39 is 16.4 Å². The third kappa shape index (κ3) is 3.29. The molecule has 0 aliphatic heterocycles. The number of ether oxygens (including phenoxy) is 1. The highest BCUT2D eigenvalue weighted by Crippen LogP contribution is 2.24. The van der Waals surface area contributed by atoms with Gasteiger partial charge in [-0.05, 0) is 12.1 Å². The number of hydrogen-bond acceptors (Lipinski definition) is 3. The van der Waals surface area contributed by atoms with E-state index in [4.69, 9.17) is 4.74 Å². The van der Waals surface area contributed by atoms with Gasteiger partial charge in [-0.3, -0.25) is 10.1 Å². The van der Waals surface area contributed by atoms with Crippen LogP contribution in [-0.4, -0.2) is 4.92 Å². The molecule has 0 saturated carbocycles. The third-order valence-electron chi connectivity index (χ3n) is 2.47. The van der Waals surface area contributed by atoms with Crippen molar-refractivity contribution in [2.75, 3.05) is 0 Å². The molecule has 6 heteroatoms. The van der Waals surface area contributed by atoms with Crippen molar-refractivity contribution in [3.05, 3.63) is 68.4 Å². The van der Waals surface area contributed by atoms with Crippen LogP contribution in [0.25, 0.3) is 0 Å². The zero-order chi connectivity index (χ0) is 13.8. The van der Waals surface area contributed by atoms with Crippen LogP contribution in [0.4, 0.5) is 10.1 Å². The lowest BCUT2D eigenvalue weighted by atomic mass is 10.2. The van der Waals surface area contributed by atoms with Crippen molar-refractivity contribution >= 4 is 21.6 Å². The Morgan fingerprint density at radius 2 is 2.00 bits per heavy atom. The number of rotatable bonds is 4. The predicted octanol–water partition coefficient (Wildman–Crippen LogP) is 4.08. The van der Waals surface area contributed by atoms with Crippen LogP contribution in [0.3, 0.4) is 0 Å². The summed E-state index contributed by atoms with van der Waals surface area (Å²) in [6, 6.07) is 10.9. The summed E-state index contributed by atoms with van der Waals surface area (Å²) in [6.45, 7) is 0.249. The van der Waals surface area contributed by atoms with Gasteiger partial charge in [0.15, 0.2) is 0 Å². The van der Waals surface area contributed by atoms with E-state index >= 15 is 0 Å². The molecule has 0 aromatic heterocycles. The maximum absolute atomic E-state index is 13.4. The van der Waals surface area contributed by atoms with Crippen LogP contribution in [0.15, 0.2) is 46.9 Å². The Balaban J connectivity index is 2.11. The molecule has 98 valence electrons. The molecule has 4 nitrogen and oxygen atoms in total. The fourth-order valence-electron chi connectivity index (χ4n) is 1.50. The maximum atomic E-state index is 13.4. The van der Waals surface area contributed by atoms with Crippen LogP contribution < -0.4 is 4.74 Å². The minimum Gasteiger partial charge on any atom is -0.489 e. The predicted molar refractivity (Wildman–Crippen MR) is 71.5 cm³/mol. The van der Waals surface area contributed by atoms with Gasteiger partial charge in [0.2, 0.25) is 5.82 Å². The summed E-state index contributed by atoms with van der Waals surface area (Å²) in [5.74, 6) is -0.659. The summed E-state index contributed by atoms with van der Waals surface area (Å²) >= 11 is 3.37. The Kier molecular flexibility index (Phi) is 4.11. The van der Waals surface area contributed by atoms with Gasteiger partial charge in [0.1, 0.15) is 12.4 Å². The van der Waals surface area contributed by atoms with Crippen LogP contribution in [0.2, 0.25) is 0 Å². The smallest absolute Gasteiger partial charge is 0.305 e. The first kappa shape index (κ1) is 13.5. The van der Waals surface area contributed by atoms with Crippen molar-refractivity contribution in [2.24, 2.45) is 0 Å². The molecule has 0 aliphatic rings. The Bertz CT molecular complexity index is 619. The van der Waals surface area contributed by atoms with Crippen molar-refractivity contribution in [1.82, 2.24) is 0 Å². The van der Waals surface area contributed by atoms with Gasteiger partial charge in [0.25, 0.3) is 0 Å². The fourth-order valence-corrected chi connectivity index (χ4v) is 1.90. The average Bonchev–Trinajstić information content (AvgIpc) is 2.37. The third-order valence-corrected chi connectivity index (χ3v) is 3.24. The summed E-state index contributed by atoms with van der Waals surface area (Å²) < 4.78 is 19.7. The minimum absolute atomic E-state index is 0.249. The quantitative estimate of drug-likeness (QED) is 0.628. The molecule has 0 heterocycles. The van der Waals surface area contributed by atoms with Crippen molar-refractivity contribution in [3.63, 3.8) is 0 Å². The van der Waals surface area contributed by atoms with Crippen molar-refractivity contribution in [3.8, 4) is 5.75 Å². The van der Waals surface area contributed by atoms with Crippen molar-refractivity contribution in [1.29, 1.82) is 0 Å². The molecule has 0 bridgehead atoms. The molecule has 0 amide bonds. The van der Waals surface area contributed by atoms with E-state index in [9.17, 15) is 14.5 Å². The number of nitrogens with zero attached hydrogens (tertiary/aromatic N) is 1. The monoisotopic (exact) mass is 325 g/mol. The molecular formula is C13H9BrFNO3. The SMILES string of the molecule is O=[N+]([O-])c1ccc(OCc2ccccc2Br)cc1F. The average molecular weight is 326 g/mol. The molecule has 0 radical (unpaired) electrons.